The molecule has 0 spiro atoms. The molecule has 134 valence electrons. The number of aromatic nitrogens is 2. The first-order valence-electron chi connectivity index (χ1n) is 8.51. The van der Waals surface area contributed by atoms with Crippen LogP contribution in [0.2, 0.25) is 0 Å². The van der Waals surface area contributed by atoms with Gasteiger partial charge in [-0.15, -0.1) is 0 Å². The van der Waals surface area contributed by atoms with E-state index < -0.39 is 11.5 Å². The second kappa shape index (κ2) is 7.79. The average Bonchev–Trinajstić information content (AvgIpc) is 2.98. The first-order chi connectivity index (χ1) is 11.5. The smallest absolute Gasteiger partial charge is 0.331 e. The average molecular weight is 337 g/mol. The Kier molecular flexibility index (Phi) is 5.99. The summed E-state index contributed by atoms with van der Waals surface area (Å²) in [7, 11) is 1.34. The summed E-state index contributed by atoms with van der Waals surface area (Å²) in [6, 6.07) is 0.268. The number of nitrogens with one attached hydrogen (secondary N) is 1. The summed E-state index contributed by atoms with van der Waals surface area (Å²) in [4.78, 5) is 25.0. The molecule has 0 bridgehead atoms. The lowest BCUT2D eigenvalue weighted by atomic mass is 9.89. The quantitative estimate of drug-likeness (QED) is 0.803. The van der Waals surface area contributed by atoms with Crippen molar-refractivity contribution in [2.24, 2.45) is 0 Å². The monoisotopic (exact) mass is 337 g/mol. The van der Waals surface area contributed by atoms with Gasteiger partial charge in [-0.3, -0.25) is 9.48 Å². The van der Waals surface area contributed by atoms with Crippen LogP contribution in [0.4, 0.5) is 0 Å². The normalized spacial score (nSPS) is 16.9. The Labute approximate surface area is 142 Å². The zero-order chi connectivity index (χ0) is 17.7. The molecule has 0 unspecified atom stereocenters. The van der Waals surface area contributed by atoms with Crippen LogP contribution >= 0.6 is 0 Å². The van der Waals surface area contributed by atoms with Gasteiger partial charge in [0.2, 0.25) is 0 Å². The van der Waals surface area contributed by atoms with Gasteiger partial charge < -0.3 is 14.8 Å². The highest BCUT2D eigenvalue weighted by Crippen LogP contribution is 2.24. The van der Waals surface area contributed by atoms with Crippen LogP contribution in [0.1, 0.15) is 61.6 Å². The van der Waals surface area contributed by atoms with E-state index in [9.17, 15) is 9.59 Å². The van der Waals surface area contributed by atoms with Crippen LogP contribution in [0.3, 0.4) is 0 Å². The molecule has 0 aliphatic carbocycles. The van der Waals surface area contributed by atoms with E-state index in [-0.39, 0.29) is 11.9 Å². The molecule has 1 saturated heterocycles. The summed E-state index contributed by atoms with van der Waals surface area (Å²) in [6.45, 7) is 6.92. The van der Waals surface area contributed by atoms with Crippen molar-refractivity contribution in [2.45, 2.75) is 58.0 Å². The van der Waals surface area contributed by atoms with E-state index in [1.165, 1.54) is 7.11 Å². The Morgan fingerprint density at radius 2 is 2.00 bits per heavy atom. The Hall–Kier alpha value is -1.89. The van der Waals surface area contributed by atoms with Crippen LogP contribution in [0.5, 0.6) is 0 Å². The number of ether oxygens (including phenoxy) is 2. The lowest BCUT2D eigenvalue weighted by molar-refractivity contribution is -0.152. The Morgan fingerprint density at radius 3 is 2.54 bits per heavy atom. The van der Waals surface area contributed by atoms with Gasteiger partial charge in [0.05, 0.1) is 24.9 Å². The van der Waals surface area contributed by atoms with Gasteiger partial charge in [0.1, 0.15) is 5.54 Å². The number of nitrogens with zero attached hydrogens (tertiary/aromatic N) is 2. The highest BCUT2D eigenvalue weighted by atomic mass is 16.5. The zero-order valence-corrected chi connectivity index (χ0v) is 14.9. The van der Waals surface area contributed by atoms with Crippen molar-refractivity contribution < 1.29 is 19.1 Å². The van der Waals surface area contributed by atoms with E-state index in [1.807, 2.05) is 11.6 Å². The molecule has 1 aliphatic rings. The zero-order valence-electron chi connectivity index (χ0n) is 14.9. The second-order valence-corrected chi connectivity index (χ2v) is 6.20. The van der Waals surface area contributed by atoms with Gasteiger partial charge >= 0.3 is 5.97 Å². The molecule has 2 rings (SSSR count). The minimum absolute atomic E-state index is 0.268. The van der Waals surface area contributed by atoms with E-state index in [4.69, 9.17) is 9.47 Å². The fraction of sp³-hybridized carbons (Fsp3) is 0.706. The second-order valence-electron chi connectivity index (χ2n) is 6.20. The summed E-state index contributed by atoms with van der Waals surface area (Å²) in [5.41, 5.74) is 0.290. The first-order valence-corrected chi connectivity index (χ1v) is 8.51. The maximum atomic E-state index is 12.8. The van der Waals surface area contributed by atoms with Crippen molar-refractivity contribution >= 4 is 11.9 Å². The molecule has 0 radical (unpaired) electrons. The molecule has 1 amide bonds. The van der Waals surface area contributed by atoms with E-state index in [0.717, 1.165) is 18.5 Å². The van der Waals surface area contributed by atoms with Gasteiger partial charge in [0, 0.05) is 31.7 Å². The van der Waals surface area contributed by atoms with Gasteiger partial charge in [0.15, 0.2) is 0 Å². The number of amides is 1. The molecule has 1 fully saturated rings. The van der Waals surface area contributed by atoms with Crippen LogP contribution in [-0.2, 0) is 14.3 Å². The van der Waals surface area contributed by atoms with Gasteiger partial charge in [-0.1, -0.05) is 13.8 Å². The number of carbonyl (C=O) groups is 2. The topological polar surface area (TPSA) is 82.5 Å². The van der Waals surface area contributed by atoms with E-state index >= 15 is 0 Å². The van der Waals surface area contributed by atoms with Crippen LogP contribution < -0.4 is 5.32 Å². The molecule has 1 aromatic heterocycles. The summed E-state index contributed by atoms with van der Waals surface area (Å²) in [6.07, 6.45) is 4.29. The molecule has 1 N–H and O–H groups in total. The fourth-order valence-electron chi connectivity index (χ4n) is 3.23. The highest BCUT2D eigenvalue weighted by molar-refractivity contribution is 5.98. The van der Waals surface area contributed by atoms with Gasteiger partial charge in [-0.2, -0.15) is 5.10 Å². The van der Waals surface area contributed by atoms with Crippen LogP contribution in [-0.4, -0.2) is 47.5 Å². The number of esters is 1. The maximum absolute atomic E-state index is 12.8. The van der Waals surface area contributed by atoms with Gasteiger partial charge in [0.25, 0.3) is 5.91 Å². The van der Waals surface area contributed by atoms with Crippen molar-refractivity contribution in [1.29, 1.82) is 0 Å². The van der Waals surface area contributed by atoms with Crippen molar-refractivity contribution in [2.75, 3.05) is 20.3 Å². The van der Waals surface area contributed by atoms with Gasteiger partial charge in [-0.25, -0.2) is 4.79 Å². The van der Waals surface area contributed by atoms with Crippen molar-refractivity contribution in [3.8, 4) is 0 Å². The third-order valence-corrected chi connectivity index (χ3v) is 4.85. The SMILES string of the molecule is CCC(CC)n1ncc(C(=O)NC2(C(=O)OC)CCOCC2)c1C. The van der Waals surface area contributed by atoms with Gasteiger partial charge in [-0.05, 0) is 19.8 Å². The molecule has 0 atom stereocenters. The first kappa shape index (κ1) is 18.4. The molecule has 0 aromatic carbocycles. The van der Waals surface area contributed by atoms with E-state index in [1.54, 1.807) is 6.20 Å². The number of hydrogen-bond donors (Lipinski definition) is 1. The summed E-state index contributed by atoms with van der Waals surface area (Å²) in [5, 5.41) is 7.26. The van der Waals surface area contributed by atoms with Crippen LogP contribution in [0, 0.1) is 6.92 Å². The standard InChI is InChI=1S/C17H27N3O4/c1-5-13(6-2)20-12(3)14(11-18-20)15(21)19-17(16(22)23-4)7-9-24-10-8-17/h11,13H,5-10H2,1-4H3,(H,19,21). The van der Waals surface area contributed by atoms with E-state index in [0.29, 0.717) is 31.6 Å². The largest absolute Gasteiger partial charge is 0.467 e. The molecule has 1 aromatic rings. The van der Waals surface area contributed by atoms with Crippen molar-refractivity contribution in [1.82, 2.24) is 15.1 Å². The maximum Gasteiger partial charge on any atom is 0.331 e. The number of carbonyl (C=O) groups excluding carboxylic acids is 2. The lowest BCUT2D eigenvalue weighted by Crippen LogP contribution is -2.58. The molecule has 7 nitrogen and oxygen atoms in total. The molecule has 1 aliphatic heterocycles. The minimum Gasteiger partial charge on any atom is -0.467 e. The van der Waals surface area contributed by atoms with Crippen molar-refractivity contribution in [3.63, 3.8) is 0 Å². The van der Waals surface area contributed by atoms with E-state index in [2.05, 4.69) is 24.3 Å². The van der Waals surface area contributed by atoms with Crippen LogP contribution in [0.25, 0.3) is 0 Å². The Bertz CT molecular complexity index is 587. The van der Waals surface area contributed by atoms with Crippen molar-refractivity contribution in [3.05, 3.63) is 17.5 Å². The predicted octanol–water partition coefficient (Wildman–Crippen LogP) is 2.00. The third-order valence-electron chi connectivity index (χ3n) is 4.85. The molecule has 2 heterocycles. The molecular formula is C17H27N3O4. The minimum atomic E-state index is -1.02. The highest BCUT2D eigenvalue weighted by Gasteiger charge is 2.43. The fourth-order valence-corrected chi connectivity index (χ4v) is 3.23. The summed E-state index contributed by atoms with van der Waals surface area (Å²) < 4.78 is 12.1. The Balaban J connectivity index is 2.23. The number of hydrogen-bond acceptors (Lipinski definition) is 5. The predicted molar refractivity (Wildman–Crippen MR) is 88.8 cm³/mol. The molecule has 24 heavy (non-hydrogen) atoms. The molecular weight excluding hydrogens is 310 g/mol. The Morgan fingerprint density at radius 1 is 1.38 bits per heavy atom. The molecule has 0 saturated carbocycles. The third kappa shape index (κ3) is 3.45. The number of rotatable bonds is 6. The molecule has 7 heteroatoms. The van der Waals surface area contributed by atoms with Crippen LogP contribution in [0.15, 0.2) is 6.20 Å². The summed E-state index contributed by atoms with van der Waals surface area (Å²) >= 11 is 0. The lowest BCUT2D eigenvalue weighted by Gasteiger charge is -2.35. The summed E-state index contributed by atoms with van der Waals surface area (Å²) in [5.74, 6) is -0.721. The number of methoxy groups -OCH3 is 1.